The Hall–Kier alpha value is -1.10. The Balaban J connectivity index is 1.47. The van der Waals surface area contributed by atoms with E-state index in [9.17, 15) is 5.11 Å². The molecule has 19 heavy (non-hydrogen) atoms. The maximum Gasteiger partial charge on any atom is 0.123 e. The van der Waals surface area contributed by atoms with Crippen LogP contribution in [0.25, 0.3) is 0 Å². The van der Waals surface area contributed by atoms with Crippen molar-refractivity contribution >= 4 is 0 Å². The Morgan fingerprint density at radius 1 is 1.42 bits per heavy atom. The molecule has 2 heterocycles. The van der Waals surface area contributed by atoms with E-state index in [1.54, 1.807) is 0 Å². The first-order valence-corrected chi connectivity index (χ1v) is 6.97. The van der Waals surface area contributed by atoms with E-state index in [1.165, 1.54) is 5.56 Å². The molecular weight excluding hydrogens is 242 g/mol. The van der Waals surface area contributed by atoms with Crippen molar-refractivity contribution in [3.05, 3.63) is 29.8 Å². The topological polar surface area (TPSA) is 50.7 Å². The molecule has 0 amide bonds. The van der Waals surface area contributed by atoms with Crippen LogP contribution in [0.1, 0.15) is 18.9 Å². The van der Waals surface area contributed by atoms with Crippen molar-refractivity contribution in [3.63, 3.8) is 0 Å². The van der Waals surface area contributed by atoms with E-state index in [4.69, 9.17) is 9.47 Å². The summed E-state index contributed by atoms with van der Waals surface area (Å²) < 4.78 is 11.3. The summed E-state index contributed by atoms with van der Waals surface area (Å²) in [5.41, 5.74) is 0.538. The lowest BCUT2D eigenvalue weighted by Crippen LogP contribution is -2.47. The van der Waals surface area contributed by atoms with Gasteiger partial charge in [-0.2, -0.15) is 0 Å². The number of fused-ring (bicyclic) bond motifs is 1. The SMILES string of the molecule is CC1OCCC1(O)CNCC1Cc2ccccc2O1. The van der Waals surface area contributed by atoms with Gasteiger partial charge in [0, 0.05) is 32.5 Å². The molecule has 4 nitrogen and oxygen atoms in total. The second-order valence-electron chi connectivity index (χ2n) is 5.55. The van der Waals surface area contributed by atoms with Crippen LogP contribution >= 0.6 is 0 Å². The van der Waals surface area contributed by atoms with Crippen molar-refractivity contribution < 1.29 is 14.6 Å². The standard InChI is InChI=1S/C15H21NO3/c1-11-15(17,6-7-18-11)10-16-9-13-8-12-4-2-3-5-14(12)19-13/h2-5,11,13,16-17H,6-10H2,1H3. The van der Waals surface area contributed by atoms with Gasteiger partial charge in [0.1, 0.15) is 17.5 Å². The predicted octanol–water partition coefficient (Wildman–Crippen LogP) is 1.12. The van der Waals surface area contributed by atoms with Crippen LogP contribution in [-0.2, 0) is 11.2 Å². The lowest BCUT2D eigenvalue weighted by Gasteiger charge is -2.26. The zero-order chi connectivity index (χ0) is 13.3. The molecule has 1 saturated heterocycles. The van der Waals surface area contributed by atoms with E-state index < -0.39 is 5.60 Å². The Kier molecular flexibility index (Phi) is 3.48. The normalized spacial score (nSPS) is 33.2. The van der Waals surface area contributed by atoms with Crippen LogP contribution in [0.15, 0.2) is 24.3 Å². The third-order valence-corrected chi connectivity index (χ3v) is 4.18. The highest BCUT2D eigenvalue weighted by molar-refractivity contribution is 5.37. The first-order chi connectivity index (χ1) is 9.17. The summed E-state index contributed by atoms with van der Waals surface area (Å²) in [4.78, 5) is 0. The Labute approximate surface area is 113 Å². The Morgan fingerprint density at radius 3 is 3.00 bits per heavy atom. The quantitative estimate of drug-likeness (QED) is 0.854. The number of rotatable bonds is 4. The van der Waals surface area contributed by atoms with E-state index in [2.05, 4.69) is 11.4 Å². The average molecular weight is 263 g/mol. The summed E-state index contributed by atoms with van der Waals surface area (Å²) >= 11 is 0. The number of hydrogen-bond donors (Lipinski definition) is 2. The molecule has 0 radical (unpaired) electrons. The molecule has 1 fully saturated rings. The van der Waals surface area contributed by atoms with E-state index in [-0.39, 0.29) is 12.2 Å². The maximum atomic E-state index is 10.4. The molecule has 0 spiro atoms. The monoisotopic (exact) mass is 263 g/mol. The van der Waals surface area contributed by atoms with Crippen molar-refractivity contribution in [2.75, 3.05) is 19.7 Å². The molecule has 4 heteroatoms. The fraction of sp³-hybridized carbons (Fsp3) is 0.600. The van der Waals surface area contributed by atoms with Gasteiger partial charge in [0.05, 0.1) is 6.10 Å². The predicted molar refractivity (Wildman–Crippen MR) is 72.4 cm³/mol. The molecule has 2 N–H and O–H groups in total. The zero-order valence-corrected chi connectivity index (χ0v) is 11.3. The lowest BCUT2D eigenvalue weighted by molar-refractivity contribution is -0.0269. The van der Waals surface area contributed by atoms with Crippen molar-refractivity contribution in [2.24, 2.45) is 0 Å². The number of nitrogens with one attached hydrogen (secondary N) is 1. The second-order valence-corrected chi connectivity index (χ2v) is 5.55. The van der Waals surface area contributed by atoms with Crippen LogP contribution in [0, 0.1) is 0 Å². The van der Waals surface area contributed by atoms with Gasteiger partial charge in [-0.15, -0.1) is 0 Å². The average Bonchev–Trinajstić information content (AvgIpc) is 2.94. The summed E-state index contributed by atoms with van der Waals surface area (Å²) in [6.07, 6.45) is 1.71. The summed E-state index contributed by atoms with van der Waals surface area (Å²) in [7, 11) is 0. The Bertz CT molecular complexity index is 426. The van der Waals surface area contributed by atoms with Crippen LogP contribution in [0.2, 0.25) is 0 Å². The molecule has 2 aliphatic heterocycles. The number of ether oxygens (including phenoxy) is 2. The third-order valence-electron chi connectivity index (χ3n) is 4.18. The van der Waals surface area contributed by atoms with E-state index >= 15 is 0 Å². The highest BCUT2D eigenvalue weighted by atomic mass is 16.5. The molecule has 0 aliphatic carbocycles. The van der Waals surface area contributed by atoms with Crippen LogP contribution in [0.5, 0.6) is 5.75 Å². The minimum atomic E-state index is -0.731. The highest BCUT2D eigenvalue weighted by Gasteiger charge is 2.39. The molecule has 1 aromatic rings. The lowest BCUT2D eigenvalue weighted by atomic mass is 9.96. The van der Waals surface area contributed by atoms with Crippen molar-refractivity contribution in [1.29, 1.82) is 0 Å². The summed E-state index contributed by atoms with van der Waals surface area (Å²) in [5.74, 6) is 0.991. The van der Waals surface area contributed by atoms with Crippen LogP contribution in [0.3, 0.4) is 0 Å². The maximum absolute atomic E-state index is 10.4. The largest absolute Gasteiger partial charge is 0.488 e. The molecule has 0 aromatic heterocycles. The van der Waals surface area contributed by atoms with Gasteiger partial charge in [0.25, 0.3) is 0 Å². The first kappa shape index (κ1) is 12.9. The highest BCUT2D eigenvalue weighted by Crippen LogP contribution is 2.28. The molecular formula is C15H21NO3. The Morgan fingerprint density at radius 2 is 2.26 bits per heavy atom. The molecule has 2 aliphatic rings. The molecule has 0 saturated carbocycles. The van der Waals surface area contributed by atoms with Crippen LogP contribution < -0.4 is 10.1 Å². The first-order valence-electron chi connectivity index (χ1n) is 6.97. The van der Waals surface area contributed by atoms with Crippen molar-refractivity contribution in [3.8, 4) is 5.75 Å². The van der Waals surface area contributed by atoms with Gasteiger partial charge in [0.2, 0.25) is 0 Å². The summed E-state index contributed by atoms with van der Waals surface area (Å²) in [6.45, 7) is 3.88. The number of para-hydroxylation sites is 1. The van der Waals surface area contributed by atoms with Gasteiger partial charge in [-0.05, 0) is 18.6 Å². The van der Waals surface area contributed by atoms with Gasteiger partial charge in [-0.3, -0.25) is 0 Å². The molecule has 1 aromatic carbocycles. The van der Waals surface area contributed by atoms with Gasteiger partial charge in [-0.1, -0.05) is 18.2 Å². The van der Waals surface area contributed by atoms with Gasteiger partial charge >= 0.3 is 0 Å². The van der Waals surface area contributed by atoms with Crippen LogP contribution in [-0.4, -0.2) is 42.6 Å². The van der Waals surface area contributed by atoms with E-state index in [0.717, 1.165) is 18.7 Å². The van der Waals surface area contributed by atoms with Crippen molar-refractivity contribution in [1.82, 2.24) is 5.32 Å². The molecule has 3 atom stereocenters. The smallest absolute Gasteiger partial charge is 0.123 e. The van der Waals surface area contributed by atoms with Crippen molar-refractivity contribution in [2.45, 2.75) is 37.6 Å². The summed E-state index contributed by atoms with van der Waals surface area (Å²) in [6, 6.07) is 8.15. The fourth-order valence-corrected chi connectivity index (χ4v) is 2.82. The summed E-state index contributed by atoms with van der Waals surface area (Å²) in [5, 5.41) is 13.7. The minimum absolute atomic E-state index is 0.0957. The van der Waals surface area contributed by atoms with E-state index in [1.807, 2.05) is 25.1 Å². The number of aliphatic hydroxyl groups is 1. The van der Waals surface area contributed by atoms with Gasteiger partial charge in [0.15, 0.2) is 0 Å². The number of hydrogen-bond acceptors (Lipinski definition) is 4. The molecule has 3 rings (SSSR count). The third kappa shape index (κ3) is 2.61. The zero-order valence-electron chi connectivity index (χ0n) is 11.3. The van der Waals surface area contributed by atoms with E-state index in [0.29, 0.717) is 19.6 Å². The van der Waals surface area contributed by atoms with Crippen LogP contribution in [0.4, 0.5) is 0 Å². The second kappa shape index (κ2) is 5.12. The molecule has 104 valence electrons. The van der Waals surface area contributed by atoms with Gasteiger partial charge in [-0.25, -0.2) is 0 Å². The van der Waals surface area contributed by atoms with Gasteiger partial charge < -0.3 is 19.9 Å². The minimum Gasteiger partial charge on any atom is -0.488 e. The molecule has 3 unspecified atom stereocenters. The fourth-order valence-electron chi connectivity index (χ4n) is 2.82. The number of benzene rings is 1. The molecule has 0 bridgehead atoms.